The number of rotatable bonds is 2. The zero-order valence-electron chi connectivity index (χ0n) is 12.0. The average Bonchev–Trinajstić information content (AvgIpc) is 2.97. The van der Waals surface area contributed by atoms with E-state index in [1.807, 2.05) is 24.3 Å². The van der Waals surface area contributed by atoms with Crippen LogP contribution in [0.4, 0.5) is 5.69 Å². The fraction of sp³-hybridized carbons (Fsp3) is 0.533. The molecule has 20 heavy (non-hydrogen) atoms. The van der Waals surface area contributed by atoms with Gasteiger partial charge in [-0.1, -0.05) is 23.7 Å². The Morgan fingerprint density at radius 1 is 1.35 bits per heavy atom. The summed E-state index contributed by atoms with van der Waals surface area (Å²) in [5.41, 5.74) is 7.10. The highest BCUT2D eigenvalue weighted by Gasteiger charge is 2.48. The number of hydrogen-bond acceptors (Lipinski definition) is 4. The summed E-state index contributed by atoms with van der Waals surface area (Å²) in [6.45, 7) is 7.30. The SMILES string of the molecule is CC(C)N1CCC2(CN=C(N)N2c2ccccc2Cl)C1. The summed E-state index contributed by atoms with van der Waals surface area (Å²) < 4.78 is 0. The largest absolute Gasteiger partial charge is 0.369 e. The van der Waals surface area contributed by atoms with Crippen LogP contribution in [0.15, 0.2) is 29.3 Å². The van der Waals surface area contributed by atoms with E-state index >= 15 is 0 Å². The zero-order chi connectivity index (χ0) is 14.3. The average molecular weight is 293 g/mol. The molecule has 3 rings (SSSR count). The van der Waals surface area contributed by atoms with Gasteiger partial charge in [0.25, 0.3) is 0 Å². The number of halogens is 1. The first-order valence-corrected chi connectivity index (χ1v) is 7.50. The van der Waals surface area contributed by atoms with Gasteiger partial charge in [0.05, 0.1) is 22.8 Å². The van der Waals surface area contributed by atoms with Gasteiger partial charge in [0.15, 0.2) is 5.96 Å². The van der Waals surface area contributed by atoms with E-state index in [0.717, 1.165) is 36.8 Å². The van der Waals surface area contributed by atoms with Crippen LogP contribution in [-0.2, 0) is 0 Å². The second-order valence-electron chi connectivity index (χ2n) is 6.00. The van der Waals surface area contributed by atoms with Crippen molar-refractivity contribution in [1.29, 1.82) is 0 Å². The molecule has 0 aromatic heterocycles. The van der Waals surface area contributed by atoms with Gasteiger partial charge in [-0.15, -0.1) is 0 Å². The molecule has 0 bridgehead atoms. The Labute approximate surface area is 125 Å². The molecule has 4 nitrogen and oxygen atoms in total. The van der Waals surface area contributed by atoms with Crippen molar-refractivity contribution in [3.05, 3.63) is 29.3 Å². The monoisotopic (exact) mass is 292 g/mol. The molecule has 1 spiro atoms. The zero-order valence-corrected chi connectivity index (χ0v) is 12.8. The normalized spacial score (nSPS) is 26.8. The van der Waals surface area contributed by atoms with Crippen LogP contribution in [0.5, 0.6) is 0 Å². The van der Waals surface area contributed by atoms with E-state index in [4.69, 9.17) is 17.3 Å². The van der Waals surface area contributed by atoms with Crippen molar-refractivity contribution in [1.82, 2.24) is 4.90 Å². The third kappa shape index (κ3) is 2.07. The van der Waals surface area contributed by atoms with Crippen LogP contribution in [0.1, 0.15) is 20.3 Å². The van der Waals surface area contributed by atoms with Gasteiger partial charge >= 0.3 is 0 Å². The van der Waals surface area contributed by atoms with Gasteiger partial charge in [0.1, 0.15) is 0 Å². The molecule has 1 atom stereocenters. The fourth-order valence-electron chi connectivity index (χ4n) is 3.26. The first kappa shape index (κ1) is 13.7. The highest BCUT2D eigenvalue weighted by molar-refractivity contribution is 6.34. The van der Waals surface area contributed by atoms with Gasteiger partial charge in [-0.25, -0.2) is 0 Å². The van der Waals surface area contributed by atoms with Gasteiger partial charge in [-0.05, 0) is 32.4 Å². The summed E-state index contributed by atoms with van der Waals surface area (Å²) in [5, 5.41) is 0.731. The van der Waals surface area contributed by atoms with Crippen LogP contribution in [0.2, 0.25) is 5.02 Å². The van der Waals surface area contributed by atoms with Crippen molar-refractivity contribution < 1.29 is 0 Å². The molecule has 1 fully saturated rings. The predicted molar refractivity (Wildman–Crippen MR) is 84.5 cm³/mol. The second-order valence-corrected chi connectivity index (χ2v) is 6.41. The van der Waals surface area contributed by atoms with Crippen molar-refractivity contribution in [3.8, 4) is 0 Å². The molecule has 1 saturated heterocycles. The number of guanidine groups is 1. The predicted octanol–water partition coefficient (Wildman–Crippen LogP) is 2.33. The Balaban J connectivity index is 1.96. The number of hydrogen-bond donors (Lipinski definition) is 1. The maximum atomic E-state index is 6.36. The van der Waals surface area contributed by atoms with Gasteiger partial charge in [0, 0.05) is 19.1 Å². The Kier molecular flexibility index (Phi) is 3.38. The topological polar surface area (TPSA) is 44.9 Å². The summed E-state index contributed by atoms with van der Waals surface area (Å²) in [5.74, 6) is 0.587. The van der Waals surface area contributed by atoms with Gasteiger partial charge < -0.3 is 10.6 Å². The molecule has 2 aliphatic heterocycles. The Hall–Kier alpha value is -1.26. The molecule has 108 valence electrons. The number of nitrogens with zero attached hydrogens (tertiary/aromatic N) is 3. The maximum absolute atomic E-state index is 6.36. The number of benzene rings is 1. The van der Waals surface area contributed by atoms with Gasteiger partial charge in [0.2, 0.25) is 0 Å². The van der Waals surface area contributed by atoms with Gasteiger partial charge in [-0.3, -0.25) is 9.89 Å². The molecule has 2 heterocycles. The number of para-hydroxylation sites is 1. The number of nitrogens with two attached hydrogens (primary N) is 1. The summed E-state index contributed by atoms with van der Waals surface area (Å²) in [6, 6.07) is 8.41. The lowest BCUT2D eigenvalue weighted by molar-refractivity contribution is 0.260. The van der Waals surface area contributed by atoms with Crippen LogP contribution in [0.3, 0.4) is 0 Å². The van der Waals surface area contributed by atoms with E-state index in [1.165, 1.54) is 0 Å². The molecule has 2 N–H and O–H groups in total. The first-order chi connectivity index (χ1) is 9.53. The Bertz CT molecular complexity index is 542. The van der Waals surface area contributed by atoms with Crippen LogP contribution in [0, 0.1) is 0 Å². The van der Waals surface area contributed by atoms with Gasteiger partial charge in [-0.2, -0.15) is 0 Å². The van der Waals surface area contributed by atoms with Crippen molar-refractivity contribution in [2.45, 2.75) is 31.8 Å². The van der Waals surface area contributed by atoms with Crippen molar-refractivity contribution in [3.63, 3.8) is 0 Å². The van der Waals surface area contributed by atoms with Crippen LogP contribution in [0.25, 0.3) is 0 Å². The smallest absolute Gasteiger partial charge is 0.196 e. The quantitative estimate of drug-likeness (QED) is 0.910. The van der Waals surface area contributed by atoms with Crippen molar-refractivity contribution in [2.24, 2.45) is 10.7 Å². The van der Waals surface area contributed by atoms with E-state index in [2.05, 4.69) is 28.6 Å². The van der Waals surface area contributed by atoms with E-state index in [-0.39, 0.29) is 5.54 Å². The van der Waals surface area contributed by atoms with Crippen LogP contribution < -0.4 is 10.6 Å². The highest BCUT2D eigenvalue weighted by Crippen LogP contribution is 2.39. The number of anilines is 1. The molecule has 0 saturated carbocycles. The maximum Gasteiger partial charge on any atom is 0.196 e. The molecule has 1 aromatic carbocycles. The lowest BCUT2D eigenvalue weighted by atomic mass is 9.96. The Morgan fingerprint density at radius 3 is 2.75 bits per heavy atom. The summed E-state index contributed by atoms with van der Waals surface area (Å²) >= 11 is 6.36. The molecular formula is C15H21ClN4. The summed E-state index contributed by atoms with van der Waals surface area (Å²) in [7, 11) is 0. The molecule has 0 aliphatic carbocycles. The number of aliphatic imine (C=N–C) groups is 1. The molecule has 1 unspecified atom stereocenters. The molecule has 1 aromatic rings. The minimum absolute atomic E-state index is 0.0284. The summed E-state index contributed by atoms with van der Waals surface area (Å²) in [4.78, 5) is 9.13. The molecule has 0 radical (unpaired) electrons. The second kappa shape index (κ2) is 4.93. The molecule has 2 aliphatic rings. The Morgan fingerprint density at radius 2 is 2.10 bits per heavy atom. The first-order valence-electron chi connectivity index (χ1n) is 7.12. The standard InChI is InChI=1S/C15H21ClN4/c1-11(2)19-8-7-15(10-19)9-18-14(17)20(15)13-6-4-3-5-12(13)16/h3-6,11H,7-10H2,1-2H3,(H2,17,18). The molecule has 0 amide bonds. The van der Waals surface area contributed by atoms with E-state index < -0.39 is 0 Å². The third-order valence-corrected chi connectivity index (χ3v) is 4.74. The lowest BCUT2D eigenvalue weighted by Crippen LogP contribution is -2.54. The van der Waals surface area contributed by atoms with Crippen molar-refractivity contribution >= 4 is 23.2 Å². The lowest BCUT2D eigenvalue weighted by Gasteiger charge is -2.37. The molecular weight excluding hydrogens is 272 g/mol. The van der Waals surface area contributed by atoms with E-state index in [1.54, 1.807) is 0 Å². The van der Waals surface area contributed by atoms with Crippen LogP contribution >= 0.6 is 11.6 Å². The third-order valence-electron chi connectivity index (χ3n) is 4.42. The van der Waals surface area contributed by atoms with Crippen LogP contribution in [-0.4, -0.2) is 42.1 Å². The van der Waals surface area contributed by atoms with E-state index in [0.29, 0.717) is 12.0 Å². The van der Waals surface area contributed by atoms with E-state index in [9.17, 15) is 0 Å². The minimum Gasteiger partial charge on any atom is -0.369 e. The van der Waals surface area contributed by atoms with Crippen molar-refractivity contribution in [2.75, 3.05) is 24.5 Å². The minimum atomic E-state index is -0.0284. The fourth-order valence-corrected chi connectivity index (χ4v) is 3.49. The number of likely N-dealkylation sites (tertiary alicyclic amines) is 1. The summed E-state index contributed by atoms with van der Waals surface area (Å²) in [6.07, 6.45) is 1.07. The highest BCUT2D eigenvalue weighted by atomic mass is 35.5. The molecule has 5 heteroatoms.